The maximum atomic E-state index is 14.9. The van der Waals surface area contributed by atoms with E-state index in [1.54, 1.807) is 76.2 Å². The van der Waals surface area contributed by atoms with Gasteiger partial charge in [-0.05, 0) is 131 Å². The van der Waals surface area contributed by atoms with Gasteiger partial charge in [0.25, 0.3) is 5.91 Å². The van der Waals surface area contributed by atoms with Crippen molar-refractivity contribution in [2.24, 2.45) is 0 Å². The monoisotopic (exact) mass is 1000 g/mol. The van der Waals surface area contributed by atoms with Crippen molar-refractivity contribution in [1.82, 2.24) is 31.5 Å². The lowest BCUT2D eigenvalue weighted by Crippen LogP contribution is -2.55. The highest BCUT2D eigenvalue weighted by molar-refractivity contribution is 5.97. The van der Waals surface area contributed by atoms with Gasteiger partial charge >= 0.3 is 12.1 Å². The van der Waals surface area contributed by atoms with Crippen LogP contribution in [0.4, 0.5) is 4.79 Å². The topological polar surface area (TPSA) is 220 Å². The number of alkyl carbamates (subject to hydrolysis) is 1. The zero-order valence-corrected chi connectivity index (χ0v) is 43.8. The van der Waals surface area contributed by atoms with Gasteiger partial charge in [-0.1, -0.05) is 61.9 Å². The van der Waals surface area contributed by atoms with Gasteiger partial charge in [-0.15, -0.1) is 0 Å². The van der Waals surface area contributed by atoms with E-state index >= 15 is 0 Å². The molecule has 17 heteroatoms. The summed E-state index contributed by atoms with van der Waals surface area (Å²) in [5.41, 5.74) is 5.01. The van der Waals surface area contributed by atoms with Crippen LogP contribution < -0.4 is 36.1 Å². The van der Waals surface area contributed by atoms with Crippen LogP contribution in [0.2, 0.25) is 0 Å². The molecule has 5 N–H and O–H groups in total. The molecule has 5 rings (SSSR count). The summed E-state index contributed by atoms with van der Waals surface area (Å²) in [6.07, 6.45) is 3.40. The first-order valence-electron chi connectivity index (χ1n) is 24.8. The van der Waals surface area contributed by atoms with Gasteiger partial charge in [-0.3, -0.25) is 24.0 Å². The number of nitrogens with zero attached hydrogens (tertiary/aromatic N) is 1. The molecule has 0 aromatic heterocycles. The lowest BCUT2D eigenvalue weighted by molar-refractivity contribution is -0.145. The molecule has 1 aliphatic heterocycles. The molecule has 0 radical (unpaired) electrons. The number of carbonyl (C=O) groups excluding carboxylic acids is 7. The number of nitrogens with one attached hydrogen (secondary N) is 5. The average Bonchev–Trinajstić information content (AvgIpc) is 3.36. The SMILES string of the molecule is CCCCc1ccc(-c2ccc(C(=O)N[C@@H](C)CC(=O)N[C@@H](CCCCNC(=O)OC(C)(C)C)C(=O)N(C)[C@@H]3C(=O)N[C@@H](C)C(=O)N[C@H](C(=O)OC)Cc4ccc(OC)c(c4)-c4cc3ccc4OC)cc2)cc1. The molecule has 4 aromatic carbocycles. The van der Waals surface area contributed by atoms with Crippen molar-refractivity contribution in [3.05, 3.63) is 107 Å². The Labute approximate surface area is 428 Å². The number of methoxy groups -OCH3 is 3. The summed E-state index contributed by atoms with van der Waals surface area (Å²) in [6.45, 7) is 10.8. The second kappa shape index (κ2) is 26.3. The first kappa shape index (κ1) is 56.5. The number of fused-ring (bicyclic) bond motifs is 5. The number of ether oxygens (including phenoxy) is 4. The van der Waals surface area contributed by atoms with Gasteiger partial charge in [0.1, 0.15) is 41.3 Å². The number of hydrogen-bond donors (Lipinski definition) is 5. The average molecular weight is 1010 g/mol. The standard InChI is InChI=1S/C56H72N6O11/c1-11-12-15-36-17-20-38(21-18-36)39-22-24-40(25-23-39)51(65)58-34(2)30-48(63)60-44(16-13-14-29-57-55(69)73-56(4,5)6)53(67)62(7)49-41-26-28-47(71-9)43(33-41)42-31-37(19-27-46(42)70-8)32-45(54(68)72-10)61-50(64)35(3)59-52(49)66/h17-28,31,33-35,44-45,49H,11-16,29-30,32H2,1-10H3,(H,57,69)(H,58,65)(H,59,66)(H,60,63)(H,61,64)/t34-,35-,44-,45-,49-/m0/s1. The van der Waals surface area contributed by atoms with Gasteiger partial charge in [0.2, 0.25) is 23.6 Å². The van der Waals surface area contributed by atoms with Crippen LogP contribution in [0.1, 0.15) is 113 Å². The van der Waals surface area contributed by atoms with Crippen LogP contribution >= 0.6 is 0 Å². The highest BCUT2D eigenvalue weighted by atomic mass is 16.6. The van der Waals surface area contributed by atoms with Crippen molar-refractivity contribution < 1.29 is 52.5 Å². The molecule has 6 amide bonds. The van der Waals surface area contributed by atoms with Crippen molar-refractivity contribution in [3.8, 4) is 33.8 Å². The third-order valence-electron chi connectivity index (χ3n) is 12.4. The number of likely N-dealkylation sites (N-methyl/N-ethyl adjacent to an activating group) is 1. The van der Waals surface area contributed by atoms with Gasteiger partial charge in [-0.2, -0.15) is 0 Å². The van der Waals surface area contributed by atoms with E-state index < -0.39 is 71.5 Å². The van der Waals surface area contributed by atoms with E-state index in [0.29, 0.717) is 52.2 Å². The van der Waals surface area contributed by atoms with E-state index in [4.69, 9.17) is 18.9 Å². The normalized spacial score (nSPS) is 16.5. The van der Waals surface area contributed by atoms with E-state index in [0.717, 1.165) is 30.4 Å². The Bertz CT molecular complexity index is 2580. The van der Waals surface area contributed by atoms with Gasteiger partial charge in [0.05, 0.1) is 21.3 Å². The highest BCUT2D eigenvalue weighted by Gasteiger charge is 2.36. The number of amides is 6. The summed E-state index contributed by atoms with van der Waals surface area (Å²) in [7, 11) is 5.63. The first-order valence-corrected chi connectivity index (χ1v) is 24.8. The van der Waals surface area contributed by atoms with Gasteiger partial charge in [-0.25, -0.2) is 9.59 Å². The fourth-order valence-corrected chi connectivity index (χ4v) is 8.53. The van der Waals surface area contributed by atoms with Crippen molar-refractivity contribution in [1.29, 1.82) is 0 Å². The molecule has 4 aromatic rings. The van der Waals surface area contributed by atoms with Gasteiger partial charge in [0, 0.05) is 49.2 Å². The number of hydrogen-bond acceptors (Lipinski definition) is 11. The maximum Gasteiger partial charge on any atom is 0.407 e. The van der Waals surface area contributed by atoms with Crippen molar-refractivity contribution >= 4 is 41.6 Å². The van der Waals surface area contributed by atoms with Crippen LogP contribution in [-0.2, 0) is 46.3 Å². The zero-order chi connectivity index (χ0) is 53.4. The molecule has 5 atom stereocenters. The molecule has 73 heavy (non-hydrogen) atoms. The molecule has 392 valence electrons. The summed E-state index contributed by atoms with van der Waals surface area (Å²) >= 11 is 0. The molecule has 1 heterocycles. The maximum absolute atomic E-state index is 14.9. The van der Waals surface area contributed by atoms with E-state index in [2.05, 4.69) is 57.8 Å². The lowest BCUT2D eigenvalue weighted by Gasteiger charge is -2.33. The van der Waals surface area contributed by atoms with E-state index in [9.17, 15) is 33.6 Å². The number of aryl methyl sites for hydroxylation is 1. The third kappa shape index (κ3) is 16.0. The molecule has 0 unspecified atom stereocenters. The number of unbranched alkanes of at least 4 members (excludes halogenated alkanes) is 2. The fraction of sp³-hybridized carbons (Fsp3) is 0.446. The summed E-state index contributed by atoms with van der Waals surface area (Å²) in [5, 5.41) is 13.9. The Morgan fingerprint density at radius 3 is 2.03 bits per heavy atom. The van der Waals surface area contributed by atoms with E-state index in [1.807, 2.05) is 12.1 Å². The molecule has 1 aliphatic rings. The molecule has 0 aliphatic carbocycles. The second-order valence-corrected chi connectivity index (χ2v) is 19.4. The van der Waals surface area contributed by atoms with Crippen LogP contribution in [0, 0.1) is 0 Å². The number of esters is 1. The molecular weight excluding hydrogens is 933 g/mol. The Balaban J connectivity index is 1.41. The minimum Gasteiger partial charge on any atom is -0.496 e. The third-order valence-corrected chi connectivity index (χ3v) is 12.4. The summed E-state index contributed by atoms with van der Waals surface area (Å²) in [5.74, 6) is -2.81. The molecule has 4 bridgehead atoms. The minimum absolute atomic E-state index is 0.0518. The number of rotatable bonds is 19. The van der Waals surface area contributed by atoms with Gasteiger partial charge < -0.3 is 50.4 Å². The summed E-state index contributed by atoms with van der Waals surface area (Å²) < 4.78 is 21.9. The van der Waals surface area contributed by atoms with E-state index in [1.165, 1.54) is 45.8 Å². The van der Waals surface area contributed by atoms with E-state index in [-0.39, 0.29) is 31.7 Å². The number of carbonyl (C=O) groups is 7. The Morgan fingerprint density at radius 2 is 1.41 bits per heavy atom. The number of benzene rings is 4. The molecule has 0 spiro atoms. The van der Waals surface area contributed by atoms with Gasteiger partial charge in [0.15, 0.2) is 0 Å². The van der Waals surface area contributed by atoms with Crippen LogP contribution in [0.5, 0.6) is 11.5 Å². The second-order valence-electron chi connectivity index (χ2n) is 19.4. The van der Waals surface area contributed by atoms with Crippen molar-refractivity contribution in [2.45, 2.75) is 129 Å². The fourth-order valence-electron chi connectivity index (χ4n) is 8.53. The summed E-state index contributed by atoms with van der Waals surface area (Å²) in [6, 6.07) is 20.3. The van der Waals surface area contributed by atoms with Crippen LogP contribution in [-0.4, -0.2) is 111 Å². The molecular formula is C56H72N6O11. The first-order chi connectivity index (χ1) is 34.7. The predicted octanol–water partition coefficient (Wildman–Crippen LogP) is 6.99. The molecule has 0 saturated carbocycles. The quantitative estimate of drug-likeness (QED) is 0.0476. The largest absolute Gasteiger partial charge is 0.496 e. The molecule has 17 nitrogen and oxygen atoms in total. The van der Waals surface area contributed by atoms with Crippen LogP contribution in [0.3, 0.4) is 0 Å². The van der Waals surface area contributed by atoms with Crippen LogP contribution in [0.25, 0.3) is 22.3 Å². The lowest BCUT2D eigenvalue weighted by atomic mass is 9.93. The summed E-state index contributed by atoms with van der Waals surface area (Å²) in [4.78, 5) is 97.1. The molecule has 0 fully saturated rings. The predicted molar refractivity (Wildman–Crippen MR) is 278 cm³/mol. The smallest absolute Gasteiger partial charge is 0.407 e. The Kier molecular flexibility index (Phi) is 20.4. The molecule has 0 saturated heterocycles. The van der Waals surface area contributed by atoms with Crippen molar-refractivity contribution in [3.63, 3.8) is 0 Å². The van der Waals surface area contributed by atoms with Crippen LogP contribution in [0.15, 0.2) is 84.9 Å². The Morgan fingerprint density at radius 1 is 0.781 bits per heavy atom. The minimum atomic E-state index is -1.39. The highest BCUT2D eigenvalue weighted by Crippen LogP contribution is 2.40. The van der Waals surface area contributed by atoms with Crippen molar-refractivity contribution in [2.75, 3.05) is 34.9 Å². The Hall–Kier alpha value is -7.43. The zero-order valence-electron chi connectivity index (χ0n) is 43.8.